The molecule has 0 radical (unpaired) electrons. The van der Waals surface area contributed by atoms with Crippen molar-refractivity contribution in [1.82, 2.24) is 10.6 Å². The van der Waals surface area contributed by atoms with Gasteiger partial charge in [-0.1, -0.05) is 30.3 Å². The number of sulfone groups is 1. The van der Waals surface area contributed by atoms with Crippen molar-refractivity contribution >= 4 is 27.5 Å². The fourth-order valence-corrected chi connectivity index (χ4v) is 4.72. The molecule has 0 bridgehead atoms. The highest BCUT2D eigenvalue weighted by Crippen LogP contribution is 2.14. The van der Waals surface area contributed by atoms with E-state index in [0.29, 0.717) is 23.2 Å². The van der Waals surface area contributed by atoms with Gasteiger partial charge in [0.2, 0.25) is 0 Å². The van der Waals surface area contributed by atoms with Crippen LogP contribution in [0.3, 0.4) is 0 Å². The van der Waals surface area contributed by atoms with Gasteiger partial charge in [-0.3, -0.25) is 4.79 Å². The molecule has 0 unspecified atom stereocenters. The first-order valence-corrected chi connectivity index (χ1v) is 11.0. The molecule has 1 saturated heterocycles. The van der Waals surface area contributed by atoms with E-state index in [9.17, 15) is 23.1 Å². The van der Waals surface area contributed by atoms with Gasteiger partial charge in [0.25, 0.3) is 5.91 Å². The zero-order valence-corrected chi connectivity index (χ0v) is 16.5. The summed E-state index contributed by atoms with van der Waals surface area (Å²) in [5.41, 5.74) is 1.58. The predicted octanol–water partition coefficient (Wildman–Crippen LogP) is 1.46. The van der Waals surface area contributed by atoms with Crippen LogP contribution in [0.5, 0.6) is 0 Å². The van der Waals surface area contributed by atoms with Gasteiger partial charge in [-0.05, 0) is 36.2 Å². The Hall–Kier alpha value is -2.91. The molecule has 3 rings (SSSR count). The lowest BCUT2D eigenvalue weighted by atomic mass is 10.1. The number of aliphatic hydroxyl groups excluding tert-OH is 1. The number of benzene rings is 2. The number of hydrogen-bond donors (Lipinski definition) is 4. The molecule has 9 heteroatoms. The summed E-state index contributed by atoms with van der Waals surface area (Å²) in [6.45, 7) is 0.0789. The van der Waals surface area contributed by atoms with E-state index in [-0.39, 0.29) is 30.0 Å². The molecule has 1 aliphatic rings. The standard InChI is InChI=1S/C20H23N3O5S/c24-18(14-4-2-1-3-5-14)12-21-19(25)15-6-8-16(9-7-15)22-20(26)23-17-10-11-29(27,28)13-17/h1-9,17-18,24H,10-13H2,(H,21,25)(H2,22,23,26)/t17-,18+/m1/s1. The highest BCUT2D eigenvalue weighted by Gasteiger charge is 2.28. The minimum Gasteiger partial charge on any atom is -0.387 e. The summed E-state index contributed by atoms with van der Waals surface area (Å²) in [7, 11) is -3.06. The van der Waals surface area contributed by atoms with Crippen LogP contribution < -0.4 is 16.0 Å². The lowest BCUT2D eigenvalue weighted by Gasteiger charge is -2.13. The summed E-state index contributed by atoms with van der Waals surface area (Å²) in [5.74, 6) is -0.304. The number of hydrogen-bond acceptors (Lipinski definition) is 5. The summed E-state index contributed by atoms with van der Waals surface area (Å²) in [6.07, 6.45) is -0.395. The molecule has 3 amide bonds. The number of carbonyl (C=O) groups excluding carboxylic acids is 2. The van der Waals surface area contributed by atoms with Crippen LogP contribution in [0.15, 0.2) is 54.6 Å². The minimum atomic E-state index is -3.06. The first kappa shape index (κ1) is 20.8. The summed E-state index contributed by atoms with van der Waals surface area (Å²) in [5, 5.41) is 18.0. The maximum absolute atomic E-state index is 12.2. The normalized spacial score (nSPS) is 18.6. The van der Waals surface area contributed by atoms with E-state index in [1.807, 2.05) is 18.2 Å². The monoisotopic (exact) mass is 417 g/mol. The third kappa shape index (κ3) is 6.03. The topological polar surface area (TPSA) is 125 Å². The minimum absolute atomic E-state index is 0.0473. The Morgan fingerprint density at radius 1 is 1.07 bits per heavy atom. The van der Waals surface area contributed by atoms with Gasteiger partial charge in [0.1, 0.15) is 0 Å². The smallest absolute Gasteiger partial charge is 0.319 e. The van der Waals surface area contributed by atoms with Gasteiger partial charge in [-0.25, -0.2) is 13.2 Å². The van der Waals surface area contributed by atoms with Crippen molar-refractivity contribution in [3.63, 3.8) is 0 Å². The average molecular weight is 417 g/mol. The van der Waals surface area contributed by atoms with Gasteiger partial charge in [-0.15, -0.1) is 0 Å². The van der Waals surface area contributed by atoms with Gasteiger partial charge in [0.05, 0.1) is 17.6 Å². The molecule has 2 atom stereocenters. The number of carbonyl (C=O) groups is 2. The lowest BCUT2D eigenvalue weighted by molar-refractivity contribution is 0.0916. The molecule has 1 aliphatic heterocycles. The van der Waals surface area contributed by atoms with Gasteiger partial charge in [0.15, 0.2) is 9.84 Å². The van der Waals surface area contributed by atoms with Crippen molar-refractivity contribution in [2.75, 3.05) is 23.4 Å². The van der Waals surface area contributed by atoms with Crippen LogP contribution in [-0.2, 0) is 9.84 Å². The molecule has 2 aromatic rings. The van der Waals surface area contributed by atoms with Gasteiger partial charge >= 0.3 is 6.03 Å². The average Bonchev–Trinajstić information content (AvgIpc) is 3.05. The Balaban J connectivity index is 1.47. The second kappa shape index (κ2) is 9.06. The van der Waals surface area contributed by atoms with Gasteiger partial charge < -0.3 is 21.1 Å². The van der Waals surface area contributed by atoms with Crippen LogP contribution >= 0.6 is 0 Å². The highest BCUT2D eigenvalue weighted by molar-refractivity contribution is 7.91. The third-order valence-corrected chi connectivity index (χ3v) is 6.38. The second-order valence-electron chi connectivity index (χ2n) is 6.91. The van der Waals surface area contributed by atoms with Crippen LogP contribution in [0.25, 0.3) is 0 Å². The Morgan fingerprint density at radius 3 is 2.38 bits per heavy atom. The fraction of sp³-hybridized carbons (Fsp3) is 0.300. The van der Waals surface area contributed by atoms with E-state index in [4.69, 9.17) is 0 Å². The van der Waals surface area contributed by atoms with Gasteiger partial charge in [0, 0.05) is 23.8 Å². The summed E-state index contributed by atoms with van der Waals surface area (Å²) >= 11 is 0. The number of urea groups is 1. The zero-order valence-electron chi connectivity index (χ0n) is 15.7. The van der Waals surface area contributed by atoms with E-state index in [2.05, 4.69) is 16.0 Å². The summed E-state index contributed by atoms with van der Waals surface area (Å²) < 4.78 is 22.9. The molecule has 154 valence electrons. The van der Waals surface area contributed by atoms with E-state index < -0.39 is 22.0 Å². The van der Waals surface area contributed by atoms with Crippen LogP contribution in [0.2, 0.25) is 0 Å². The second-order valence-corrected chi connectivity index (χ2v) is 9.14. The van der Waals surface area contributed by atoms with Crippen molar-refractivity contribution in [2.24, 2.45) is 0 Å². The van der Waals surface area contributed by atoms with Crippen molar-refractivity contribution in [1.29, 1.82) is 0 Å². The number of amides is 3. The van der Waals surface area contributed by atoms with E-state index in [1.54, 1.807) is 36.4 Å². The quantitative estimate of drug-likeness (QED) is 0.566. The Bertz CT molecular complexity index is 961. The van der Waals surface area contributed by atoms with Gasteiger partial charge in [-0.2, -0.15) is 0 Å². The molecular formula is C20H23N3O5S. The molecule has 4 N–H and O–H groups in total. The maximum atomic E-state index is 12.2. The largest absolute Gasteiger partial charge is 0.387 e. The summed E-state index contributed by atoms with van der Waals surface area (Å²) in [6, 6.07) is 14.4. The maximum Gasteiger partial charge on any atom is 0.319 e. The first-order valence-electron chi connectivity index (χ1n) is 9.21. The lowest BCUT2D eigenvalue weighted by Crippen LogP contribution is -2.38. The molecule has 2 aromatic carbocycles. The van der Waals surface area contributed by atoms with Crippen LogP contribution in [0.4, 0.5) is 10.5 Å². The number of anilines is 1. The molecule has 29 heavy (non-hydrogen) atoms. The molecular weight excluding hydrogens is 394 g/mol. The van der Waals surface area contributed by atoms with E-state index in [1.165, 1.54) is 0 Å². The first-order chi connectivity index (χ1) is 13.8. The van der Waals surface area contributed by atoms with Crippen molar-refractivity contribution in [3.05, 3.63) is 65.7 Å². The molecule has 0 saturated carbocycles. The molecule has 0 aromatic heterocycles. The Kier molecular flexibility index (Phi) is 6.50. The van der Waals surface area contributed by atoms with Crippen molar-refractivity contribution in [2.45, 2.75) is 18.6 Å². The van der Waals surface area contributed by atoms with Crippen molar-refractivity contribution < 1.29 is 23.1 Å². The predicted molar refractivity (Wildman–Crippen MR) is 109 cm³/mol. The Morgan fingerprint density at radius 2 is 1.76 bits per heavy atom. The number of rotatable bonds is 6. The number of aliphatic hydroxyl groups is 1. The SMILES string of the molecule is O=C(Nc1ccc(C(=O)NC[C@H](O)c2ccccc2)cc1)N[C@@H]1CCS(=O)(=O)C1. The molecule has 0 spiro atoms. The van der Waals surface area contributed by atoms with Crippen LogP contribution in [0.1, 0.15) is 28.4 Å². The molecule has 8 nitrogen and oxygen atoms in total. The van der Waals surface area contributed by atoms with E-state index in [0.717, 1.165) is 0 Å². The molecule has 1 heterocycles. The number of nitrogens with one attached hydrogen (secondary N) is 3. The van der Waals surface area contributed by atoms with Crippen molar-refractivity contribution in [3.8, 4) is 0 Å². The molecule has 0 aliphatic carbocycles. The van der Waals surface area contributed by atoms with Crippen LogP contribution in [-0.4, -0.2) is 49.6 Å². The van der Waals surface area contributed by atoms with Crippen LogP contribution in [0, 0.1) is 0 Å². The Labute approximate surface area is 169 Å². The zero-order chi connectivity index (χ0) is 20.9. The molecule has 1 fully saturated rings. The van der Waals surface area contributed by atoms with E-state index >= 15 is 0 Å². The fourth-order valence-electron chi connectivity index (χ4n) is 3.05. The summed E-state index contributed by atoms with van der Waals surface area (Å²) in [4.78, 5) is 24.2. The third-order valence-electron chi connectivity index (χ3n) is 4.61. The highest BCUT2D eigenvalue weighted by atomic mass is 32.2.